The van der Waals surface area contributed by atoms with Crippen LogP contribution >= 0.6 is 11.6 Å². The number of halogens is 1. The van der Waals surface area contributed by atoms with Crippen LogP contribution in [-0.2, 0) is 6.54 Å². The van der Waals surface area contributed by atoms with Gasteiger partial charge in [-0.05, 0) is 44.5 Å². The van der Waals surface area contributed by atoms with Gasteiger partial charge >= 0.3 is 0 Å². The number of hydrogen-bond donors (Lipinski definition) is 1. The summed E-state index contributed by atoms with van der Waals surface area (Å²) in [6.45, 7) is 5.74. The minimum atomic E-state index is -0.494. The summed E-state index contributed by atoms with van der Waals surface area (Å²) >= 11 is 6.04. The topological polar surface area (TPSA) is 90.1 Å². The predicted molar refractivity (Wildman–Crippen MR) is 108 cm³/mol. The van der Waals surface area contributed by atoms with Gasteiger partial charge in [-0.25, -0.2) is 0 Å². The average Bonchev–Trinajstić information content (AvgIpc) is 2.89. The van der Waals surface area contributed by atoms with Crippen LogP contribution in [0.1, 0.15) is 32.9 Å². The third kappa shape index (κ3) is 3.89. The summed E-state index contributed by atoms with van der Waals surface area (Å²) in [5.41, 5.74) is 3.54. The van der Waals surface area contributed by atoms with Crippen LogP contribution in [0.4, 0.5) is 11.4 Å². The standard InChI is InChI=1S/C20H19ClN4O3/c1-12-17(8-5-9-18(12)25(27)28)20(26)22-19-13(2)23-24(14(19)3)11-15-6-4-7-16(21)10-15/h4-10H,11H2,1-3H3,(H,22,26). The number of benzene rings is 2. The summed E-state index contributed by atoms with van der Waals surface area (Å²) in [5, 5.41) is 19.1. The maximum absolute atomic E-state index is 12.7. The molecule has 0 aliphatic heterocycles. The fourth-order valence-corrected chi connectivity index (χ4v) is 3.30. The van der Waals surface area contributed by atoms with Crippen molar-refractivity contribution < 1.29 is 9.72 Å². The molecule has 0 unspecified atom stereocenters. The number of carbonyl (C=O) groups excluding carboxylic acids is 1. The zero-order valence-electron chi connectivity index (χ0n) is 15.7. The third-order valence-electron chi connectivity index (χ3n) is 4.59. The highest BCUT2D eigenvalue weighted by Gasteiger charge is 2.20. The normalized spacial score (nSPS) is 10.7. The fraction of sp³-hybridized carbons (Fsp3) is 0.200. The van der Waals surface area contributed by atoms with Crippen molar-refractivity contribution in [1.82, 2.24) is 9.78 Å². The Morgan fingerprint density at radius 1 is 1.21 bits per heavy atom. The van der Waals surface area contributed by atoms with Gasteiger partial charge in [0.2, 0.25) is 0 Å². The highest BCUT2D eigenvalue weighted by atomic mass is 35.5. The summed E-state index contributed by atoms with van der Waals surface area (Å²) in [4.78, 5) is 23.4. The van der Waals surface area contributed by atoms with Crippen LogP contribution in [0.2, 0.25) is 5.02 Å². The molecule has 8 heteroatoms. The molecule has 1 aromatic heterocycles. The Hall–Kier alpha value is -3.19. The predicted octanol–water partition coefficient (Wildman–Crippen LogP) is 4.67. The molecule has 2 aromatic carbocycles. The van der Waals surface area contributed by atoms with E-state index < -0.39 is 10.8 Å². The molecule has 1 N–H and O–H groups in total. The molecule has 0 aliphatic carbocycles. The van der Waals surface area contributed by atoms with E-state index >= 15 is 0 Å². The maximum atomic E-state index is 12.7. The lowest BCUT2D eigenvalue weighted by Crippen LogP contribution is -2.15. The van der Waals surface area contributed by atoms with E-state index in [2.05, 4.69) is 10.4 Å². The van der Waals surface area contributed by atoms with E-state index in [-0.39, 0.29) is 11.3 Å². The first-order valence-electron chi connectivity index (χ1n) is 8.61. The van der Waals surface area contributed by atoms with Gasteiger partial charge in [0.25, 0.3) is 11.6 Å². The van der Waals surface area contributed by atoms with E-state index in [9.17, 15) is 14.9 Å². The van der Waals surface area contributed by atoms with Crippen LogP contribution in [0, 0.1) is 30.9 Å². The number of nitrogens with one attached hydrogen (secondary N) is 1. The van der Waals surface area contributed by atoms with Crippen molar-refractivity contribution in [3.05, 3.63) is 85.7 Å². The van der Waals surface area contributed by atoms with E-state index in [0.717, 1.165) is 11.3 Å². The molecule has 28 heavy (non-hydrogen) atoms. The summed E-state index contributed by atoms with van der Waals surface area (Å²) in [7, 11) is 0. The minimum absolute atomic E-state index is 0.0854. The number of nitro groups is 1. The van der Waals surface area contributed by atoms with Gasteiger partial charge in [-0.2, -0.15) is 5.10 Å². The molecular formula is C20H19ClN4O3. The molecule has 3 aromatic rings. The van der Waals surface area contributed by atoms with Crippen molar-refractivity contribution in [2.75, 3.05) is 5.32 Å². The fourth-order valence-electron chi connectivity index (χ4n) is 3.09. The Morgan fingerprint density at radius 3 is 2.61 bits per heavy atom. The number of anilines is 1. The zero-order chi connectivity index (χ0) is 20.4. The van der Waals surface area contributed by atoms with Crippen molar-refractivity contribution in [1.29, 1.82) is 0 Å². The molecule has 0 atom stereocenters. The molecule has 0 radical (unpaired) electrons. The van der Waals surface area contributed by atoms with Gasteiger partial charge in [0.1, 0.15) is 0 Å². The molecule has 1 amide bonds. The lowest BCUT2D eigenvalue weighted by atomic mass is 10.1. The Bertz CT molecular complexity index is 1080. The molecule has 1 heterocycles. The van der Waals surface area contributed by atoms with Gasteiger partial charge in [-0.15, -0.1) is 0 Å². The maximum Gasteiger partial charge on any atom is 0.273 e. The molecule has 3 rings (SSSR count). The Morgan fingerprint density at radius 2 is 1.93 bits per heavy atom. The van der Waals surface area contributed by atoms with Gasteiger partial charge in [0.15, 0.2) is 0 Å². The van der Waals surface area contributed by atoms with E-state index in [1.165, 1.54) is 12.1 Å². The SMILES string of the molecule is Cc1nn(Cc2cccc(Cl)c2)c(C)c1NC(=O)c1cccc([N+](=O)[O-])c1C. The largest absolute Gasteiger partial charge is 0.319 e. The summed E-state index contributed by atoms with van der Waals surface area (Å²) in [5.74, 6) is -0.408. The van der Waals surface area contributed by atoms with Gasteiger partial charge in [0.05, 0.1) is 28.5 Å². The molecular weight excluding hydrogens is 380 g/mol. The average molecular weight is 399 g/mol. The van der Waals surface area contributed by atoms with Crippen molar-refractivity contribution >= 4 is 28.9 Å². The van der Waals surface area contributed by atoms with Crippen molar-refractivity contribution in [3.63, 3.8) is 0 Å². The summed E-state index contributed by atoms with van der Waals surface area (Å²) in [6.07, 6.45) is 0. The third-order valence-corrected chi connectivity index (χ3v) is 4.82. The van der Waals surface area contributed by atoms with Gasteiger partial charge in [0, 0.05) is 22.2 Å². The molecule has 144 valence electrons. The number of hydrogen-bond acceptors (Lipinski definition) is 4. The second-order valence-corrected chi connectivity index (χ2v) is 6.93. The lowest BCUT2D eigenvalue weighted by Gasteiger charge is -2.09. The van der Waals surface area contributed by atoms with Crippen LogP contribution in [0.15, 0.2) is 42.5 Å². The first kappa shape index (κ1) is 19.6. The zero-order valence-corrected chi connectivity index (χ0v) is 16.4. The number of rotatable bonds is 5. The van der Waals surface area contributed by atoms with Gasteiger partial charge in [-0.3, -0.25) is 19.6 Å². The highest BCUT2D eigenvalue weighted by Crippen LogP contribution is 2.25. The Labute approximate surface area is 167 Å². The molecule has 0 fully saturated rings. The highest BCUT2D eigenvalue weighted by molar-refractivity contribution is 6.30. The molecule has 0 saturated carbocycles. The van der Waals surface area contributed by atoms with E-state index in [4.69, 9.17) is 11.6 Å². The second-order valence-electron chi connectivity index (χ2n) is 6.49. The van der Waals surface area contributed by atoms with E-state index in [1.54, 1.807) is 30.7 Å². The Kier molecular flexibility index (Phi) is 5.46. The van der Waals surface area contributed by atoms with Crippen molar-refractivity contribution in [2.45, 2.75) is 27.3 Å². The molecule has 0 saturated heterocycles. The monoisotopic (exact) mass is 398 g/mol. The van der Waals surface area contributed by atoms with Crippen LogP contribution in [-0.4, -0.2) is 20.6 Å². The quantitative estimate of drug-likeness (QED) is 0.499. The number of carbonyl (C=O) groups is 1. The van der Waals surface area contributed by atoms with E-state index in [1.807, 2.05) is 25.1 Å². The molecule has 0 spiro atoms. The Balaban J connectivity index is 1.87. The van der Waals surface area contributed by atoms with E-state index in [0.29, 0.717) is 28.5 Å². The number of nitro benzene ring substituents is 1. The summed E-state index contributed by atoms with van der Waals surface area (Å²) in [6, 6.07) is 11.9. The van der Waals surface area contributed by atoms with Crippen LogP contribution in [0.5, 0.6) is 0 Å². The minimum Gasteiger partial charge on any atom is -0.319 e. The van der Waals surface area contributed by atoms with Crippen LogP contribution in [0.25, 0.3) is 0 Å². The van der Waals surface area contributed by atoms with Gasteiger partial charge in [-0.1, -0.05) is 29.8 Å². The number of amides is 1. The summed E-state index contributed by atoms with van der Waals surface area (Å²) < 4.78 is 1.79. The van der Waals surface area contributed by atoms with Crippen LogP contribution < -0.4 is 5.32 Å². The number of aromatic nitrogens is 2. The molecule has 0 bridgehead atoms. The number of nitrogens with zero attached hydrogens (tertiary/aromatic N) is 3. The first-order chi connectivity index (χ1) is 13.3. The molecule has 0 aliphatic rings. The lowest BCUT2D eigenvalue weighted by molar-refractivity contribution is -0.385. The van der Waals surface area contributed by atoms with Gasteiger partial charge < -0.3 is 5.32 Å². The smallest absolute Gasteiger partial charge is 0.273 e. The van der Waals surface area contributed by atoms with Crippen molar-refractivity contribution in [2.24, 2.45) is 0 Å². The number of aryl methyl sites for hydroxylation is 1. The van der Waals surface area contributed by atoms with Crippen molar-refractivity contribution in [3.8, 4) is 0 Å². The van der Waals surface area contributed by atoms with Crippen LogP contribution in [0.3, 0.4) is 0 Å². The second kappa shape index (κ2) is 7.82. The molecule has 7 nitrogen and oxygen atoms in total. The first-order valence-corrected chi connectivity index (χ1v) is 8.99.